The SMILES string of the molecule is COc1cc(OC)nc(NC(=O)c2ccnc(Cl)c2)n1. The van der Waals surface area contributed by atoms with Crippen molar-refractivity contribution >= 4 is 23.5 Å². The summed E-state index contributed by atoms with van der Waals surface area (Å²) >= 11 is 5.72. The van der Waals surface area contributed by atoms with Crippen LogP contribution in [0.2, 0.25) is 5.15 Å². The fourth-order valence-corrected chi connectivity index (χ4v) is 1.56. The fraction of sp³-hybridized carbons (Fsp3) is 0.167. The number of hydrogen-bond acceptors (Lipinski definition) is 6. The van der Waals surface area contributed by atoms with Gasteiger partial charge in [0.2, 0.25) is 17.7 Å². The van der Waals surface area contributed by atoms with Crippen LogP contribution in [0.5, 0.6) is 11.8 Å². The molecule has 7 nitrogen and oxygen atoms in total. The number of halogens is 1. The van der Waals surface area contributed by atoms with Crippen molar-refractivity contribution in [2.24, 2.45) is 0 Å². The maximum absolute atomic E-state index is 12.0. The topological polar surface area (TPSA) is 86.2 Å². The first-order valence-corrected chi connectivity index (χ1v) is 5.90. The summed E-state index contributed by atoms with van der Waals surface area (Å²) in [4.78, 5) is 23.8. The van der Waals surface area contributed by atoms with Gasteiger partial charge >= 0.3 is 0 Å². The van der Waals surface area contributed by atoms with Crippen molar-refractivity contribution in [3.8, 4) is 11.8 Å². The molecule has 2 aromatic rings. The van der Waals surface area contributed by atoms with E-state index in [0.717, 1.165) is 0 Å². The monoisotopic (exact) mass is 294 g/mol. The summed E-state index contributed by atoms with van der Waals surface area (Å²) in [5.41, 5.74) is 0.343. The summed E-state index contributed by atoms with van der Waals surface area (Å²) in [6.45, 7) is 0. The summed E-state index contributed by atoms with van der Waals surface area (Å²) in [5, 5.41) is 2.75. The van der Waals surface area contributed by atoms with Gasteiger partial charge in [-0.3, -0.25) is 10.1 Å². The number of anilines is 1. The van der Waals surface area contributed by atoms with E-state index in [1.807, 2.05) is 0 Å². The lowest BCUT2D eigenvalue weighted by atomic mass is 10.2. The third-order valence-corrected chi connectivity index (χ3v) is 2.52. The lowest BCUT2D eigenvalue weighted by Crippen LogP contribution is -2.14. The summed E-state index contributed by atoms with van der Waals surface area (Å²) < 4.78 is 9.98. The number of carbonyl (C=O) groups is 1. The van der Waals surface area contributed by atoms with Crippen LogP contribution in [0, 0.1) is 0 Å². The van der Waals surface area contributed by atoms with E-state index < -0.39 is 5.91 Å². The second-order valence-electron chi connectivity index (χ2n) is 3.60. The molecule has 0 unspecified atom stereocenters. The molecule has 20 heavy (non-hydrogen) atoms. The summed E-state index contributed by atoms with van der Waals surface area (Å²) in [7, 11) is 2.91. The summed E-state index contributed by atoms with van der Waals surface area (Å²) in [6.07, 6.45) is 1.43. The molecule has 0 aromatic carbocycles. The van der Waals surface area contributed by atoms with Crippen LogP contribution in [0.3, 0.4) is 0 Å². The molecule has 2 rings (SSSR count). The quantitative estimate of drug-likeness (QED) is 0.865. The number of hydrogen-bond donors (Lipinski definition) is 1. The van der Waals surface area contributed by atoms with E-state index in [2.05, 4.69) is 20.3 Å². The molecule has 0 aliphatic heterocycles. The van der Waals surface area contributed by atoms with Crippen LogP contribution in [0.1, 0.15) is 10.4 Å². The second-order valence-corrected chi connectivity index (χ2v) is 3.98. The predicted molar refractivity (Wildman–Crippen MR) is 72.3 cm³/mol. The molecule has 104 valence electrons. The lowest BCUT2D eigenvalue weighted by molar-refractivity contribution is 0.102. The normalized spacial score (nSPS) is 9.95. The van der Waals surface area contributed by atoms with E-state index in [-0.39, 0.29) is 22.9 Å². The highest BCUT2D eigenvalue weighted by atomic mass is 35.5. The molecule has 1 amide bonds. The van der Waals surface area contributed by atoms with Crippen LogP contribution in [0.15, 0.2) is 24.4 Å². The van der Waals surface area contributed by atoms with Gasteiger partial charge < -0.3 is 9.47 Å². The molecule has 0 aliphatic carbocycles. The zero-order valence-electron chi connectivity index (χ0n) is 10.8. The molecule has 0 aliphatic rings. The van der Waals surface area contributed by atoms with Crippen molar-refractivity contribution in [1.82, 2.24) is 15.0 Å². The average molecular weight is 295 g/mol. The van der Waals surface area contributed by atoms with Crippen molar-refractivity contribution in [2.45, 2.75) is 0 Å². The van der Waals surface area contributed by atoms with Crippen LogP contribution in [0.4, 0.5) is 5.95 Å². The first kappa shape index (κ1) is 14.0. The van der Waals surface area contributed by atoms with Gasteiger partial charge in [-0.05, 0) is 12.1 Å². The molecule has 2 heterocycles. The van der Waals surface area contributed by atoms with E-state index in [0.29, 0.717) is 5.56 Å². The smallest absolute Gasteiger partial charge is 0.258 e. The van der Waals surface area contributed by atoms with Gasteiger partial charge in [-0.1, -0.05) is 11.6 Å². The molecule has 0 bridgehead atoms. The average Bonchev–Trinajstić information content (AvgIpc) is 2.46. The Morgan fingerprint density at radius 1 is 1.20 bits per heavy atom. The molecule has 0 fully saturated rings. The molecule has 0 saturated heterocycles. The molecule has 1 N–H and O–H groups in total. The third kappa shape index (κ3) is 3.33. The number of methoxy groups -OCH3 is 2. The Kier molecular flexibility index (Phi) is 4.31. The summed E-state index contributed by atoms with van der Waals surface area (Å²) in [5.74, 6) is 0.212. The molecular weight excluding hydrogens is 284 g/mol. The zero-order valence-corrected chi connectivity index (χ0v) is 11.5. The fourth-order valence-electron chi connectivity index (χ4n) is 1.39. The van der Waals surface area contributed by atoms with Crippen molar-refractivity contribution in [2.75, 3.05) is 19.5 Å². The van der Waals surface area contributed by atoms with Crippen LogP contribution in [0.25, 0.3) is 0 Å². The minimum atomic E-state index is -0.412. The van der Waals surface area contributed by atoms with E-state index in [1.165, 1.54) is 38.6 Å². The Bertz CT molecular complexity index is 614. The van der Waals surface area contributed by atoms with Gasteiger partial charge in [-0.2, -0.15) is 9.97 Å². The largest absolute Gasteiger partial charge is 0.481 e. The zero-order chi connectivity index (χ0) is 14.5. The maximum Gasteiger partial charge on any atom is 0.258 e. The first-order chi connectivity index (χ1) is 9.62. The van der Waals surface area contributed by atoms with Gasteiger partial charge in [-0.25, -0.2) is 4.98 Å². The Morgan fingerprint density at radius 3 is 2.40 bits per heavy atom. The highest BCUT2D eigenvalue weighted by molar-refractivity contribution is 6.29. The minimum absolute atomic E-state index is 0.0686. The van der Waals surface area contributed by atoms with Crippen molar-refractivity contribution in [3.63, 3.8) is 0 Å². The van der Waals surface area contributed by atoms with Crippen LogP contribution in [-0.2, 0) is 0 Å². The van der Waals surface area contributed by atoms with E-state index in [4.69, 9.17) is 21.1 Å². The van der Waals surface area contributed by atoms with E-state index in [1.54, 1.807) is 0 Å². The van der Waals surface area contributed by atoms with Gasteiger partial charge in [0.15, 0.2) is 0 Å². The van der Waals surface area contributed by atoms with Crippen LogP contribution >= 0.6 is 11.6 Å². The van der Waals surface area contributed by atoms with Crippen molar-refractivity contribution < 1.29 is 14.3 Å². The first-order valence-electron chi connectivity index (χ1n) is 5.52. The number of pyridine rings is 1. The Hall–Kier alpha value is -2.41. The predicted octanol–water partition coefficient (Wildman–Crippen LogP) is 1.79. The standard InChI is InChI=1S/C12H11ClN4O3/c1-19-9-6-10(20-2)16-12(15-9)17-11(18)7-3-4-14-8(13)5-7/h3-6H,1-2H3,(H,15,16,17,18). The van der Waals surface area contributed by atoms with E-state index in [9.17, 15) is 4.79 Å². The molecule has 0 saturated carbocycles. The molecule has 2 aromatic heterocycles. The molecule has 0 radical (unpaired) electrons. The van der Waals surface area contributed by atoms with Crippen molar-refractivity contribution in [1.29, 1.82) is 0 Å². The number of nitrogens with one attached hydrogen (secondary N) is 1. The Morgan fingerprint density at radius 2 is 1.85 bits per heavy atom. The molecule has 0 atom stereocenters. The second kappa shape index (κ2) is 6.16. The highest BCUT2D eigenvalue weighted by Gasteiger charge is 2.11. The van der Waals surface area contributed by atoms with Gasteiger partial charge in [0, 0.05) is 11.8 Å². The van der Waals surface area contributed by atoms with Gasteiger partial charge in [-0.15, -0.1) is 0 Å². The number of aromatic nitrogens is 3. The minimum Gasteiger partial charge on any atom is -0.481 e. The van der Waals surface area contributed by atoms with E-state index >= 15 is 0 Å². The Balaban J connectivity index is 2.23. The van der Waals surface area contributed by atoms with Crippen molar-refractivity contribution in [3.05, 3.63) is 35.1 Å². The number of ether oxygens (including phenoxy) is 2. The number of amides is 1. The maximum atomic E-state index is 12.0. The highest BCUT2D eigenvalue weighted by Crippen LogP contribution is 2.18. The van der Waals surface area contributed by atoms with Crippen LogP contribution in [-0.4, -0.2) is 35.1 Å². The van der Waals surface area contributed by atoms with Gasteiger partial charge in [0.05, 0.1) is 20.3 Å². The van der Waals surface area contributed by atoms with Gasteiger partial charge in [0.1, 0.15) is 5.15 Å². The number of carbonyl (C=O) groups excluding carboxylic acids is 1. The third-order valence-electron chi connectivity index (χ3n) is 2.31. The molecular formula is C12H11ClN4O3. The lowest BCUT2D eigenvalue weighted by Gasteiger charge is -2.07. The molecule has 0 spiro atoms. The number of nitrogens with zero attached hydrogens (tertiary/aromatic N) is 3. The Labute approximate surface area is 119 Å². The summed E-state index contributed by atoms with van der Waals surface area (Å²) in [6, 6.07) is 4.46. The van der Waals surface area contributed by atoms with Crippen LogP contribution < -0.4 is 14.8 Å². The number of rotatable bonds is 4. The van der Waals surface area contributed by atoms with Gasteiger partial charge in [0.25, 0.3) is 5.91 Å². The molecule has 8 heteroatoms.